The van der Waals surface area contributed by atoms with Crippen molar-refractivity contribution >= 4 is 54.9 Å². The average Bonchev–Trinajstić information content (AvgIpc) is 3.79. The quantitative estimate of drug-likeness (QED) is 0.181. The van der Waals surface area contributed by atoms with E-state index in [9.17, 15) is 0 Å². The second kappa shape index (κ2) is 10.4. The number of para-hydroxylation sites is 1. The summed E-state index contributed by atoms with van der Waals surface area (Å²) in [5.74, 6) is 2.25. The number of pyridine rings is 2. The number of ether oxygens (including phenoxy) is 1. The molecule has 0 fully saturated rings. The molecule has 4 aromatic carbocycles. The third-order valence-corrected chi connectivity index (χ3v) is 9.35. The highest BCUT2D eigenvalue weighted by atomic mass is 16.5. The van der Waals surface area contributed by atoms with Crippen molar-refractivity contribution in [1.82, 2.24) is 28.7 Å². The lowest BCUT2D eigenvalue weighted by molar-refractivity contribution is 0.484. The number of hydrogen-bond donors (Lipinski definition) is 0. The minimum atomic E-state index is 0.392. The second-order valence-electron chi connectivity index (χ2n) is 12.8. The van der Waals surface area contributed by atoms with Crippen LogP contribution in [0.5, 0.6) is 11.5 Å². The van der Waals surface area contributed by atoms with Gasteiger partial charge in [-0.25, -0.2) is 15.0 Å². The predicted octanol–water partition coefficient (Wildman–Crippen LogP) is 10.1. The van der Waals surface area contributed by atoms with Crippen molar-refractivity contribution in [2.75, 3.05) is 0 Å². The molecule has 0 bridgehead atoms. The minimum absolute atomic E-state index is 0.392. The summed E-state index contributed by atoms with van der Waals surface area (Å²) >= 11 is 0. The first-order chi connectivity index (χ1) is 23.0. The summed E-state index contributed by atoms with van der Waals surface area (Å²) in [6.07, 6.45) is 11.1. The van der Waals surface area contributed by atoms with Crippen LogP contribution < -0.4 is 4.74 Å². The van der Waals surface area contributed by atoms with E-state index >= 15 is 0 Å². The number of hydrogen-bond acceptors (Lipinski definition) is 5. The van der Waals surface area contributed by atoms with Crippen molar-refractivity contribution in [2.24, 2.45) is 0 Å². The SMILES string of the molecule is CC(C)c1cccc(C(C)C)c1-c1cccc2c3ccc(Oc4ccc5c(c4)c4nccn4c4nccnc54)cc3c3nccn3c12. The molecule has 0 unspecified atom stereocenters. The molecule has 9 rings (SSSR count). The van der Waals surface area contributed by atoms with Crippen molar-refractivity contribution in [3.8, 4) is 22.6 Å². The molecule has 0 amide bonds. The molecule has 0 saturated carbocycles. The van der Waals surface area contributed by atoms with Crippen molar-refractivity contribution in [3.63, 3.8) is 0 Å². The maximum absolute atomic E-state index is 6.54. The van der Waals surface area contributed by atoms with E-state index in [1.165, 1.54) is 33.2 Å². The zero-order valence-corrected chi connectivity index (χ0v) is 26.6. The van der Waals surface area contributed by atoms with E-state index in [1.807, 2.05) is 35.0 Å². The third kappa shape index (κ3) is 4.12. The van der Waals surface area contributed by atoms with Crippen molar-refractivity contribution in [2.45, 2.75) is 39.5 Å². The minimum Gasteiger partial charge on any atom is -0.457 e. The second-order valence-corrected chi connectivity index (χ2v) is 12.8. The van der Waals surface area contributed by atoms with Crippen LogP contribution >= 0.6 is 0 Å². The van der Waals surface area contributed by atoms with E-state index in [0.717, 1.165) is 55.5 Å². The van der Waals surface area contributed by atoms with Crippen LogP contribution in [-0.2, 0) is 0 Å². The Morgan fingerprint density at radius 1 is 0.532 bits per heavy atom. The van der Waals surface area contributed by atoms with Crippen LogP contribution in [0.1, 0.15) is 50.7 Å². The Labute approximate surface area is 271 Å². The van der Waals surface area contributed by atoms with E-state index < -0.39 is 0 Å². The van der Waals surface area contributed by atoms with E-state index in [4.69, 9.17) is 9.72 Å². The summed E-state index contributed by atoms with van der Waals surface area (Å²) in [6.45, 7) is 9.12. The van der Waals surface area contributed by atoms with E-state index in [0.29, 0.717) is 11.8 Å². The molecule has 0 aliphatic heterocycles. The highest BCUT2D eigenvalue weighted by Crippen LogP contribution is 2.42. The van der Waals surface area contributed by atoms with Crippen molar-refractivity contribution in [3.05, 3.63) is 121 Å². The normalized spacial score (nSPS) is 12.2. The van der Waals surface area contributed by atoms with Crippen LogP contribution in [0.25, 0.3) is 66.0 Å². The predicted molar refractivity (Wildman–Crippen MR) is 190 cm³/mol. The van der Waals surface area contributed by atoms with Gasteiger partial charge < -0.3 is 4.74 Å². The van der Waals surface area contributed by atoms with Crippen LogP contribution in [0.2, 0.25) is 0 Å². The van der Waals surface area contributed by atoms with Gasteiger partial charge in [0, 0.05) is 64.3 Å². The molecule has 0 spiro atoms. The van der Waals surface area contributed by atoms with Crippen LogP contribution in [0.15, 0.2) is 110 Å². The average molecular weight is 613 g/mol. The smallest absolute Gasteiger partial charge is 0.165 e. The molecule has 9 aromatic rings. The monoisotopic (exact) mass is 612 g/mol. The lowest BCUT2D eigenvalue weighted by Gasteiger charge is -2.22. The fourth-order valence-corrected chi connectivity index (χ4v) is 7.26. The number of nitrogens with zero attached hydrogens (tertiary/aromatic N) is 6. The van der Waals surface area contributed by atoms with Crippen LogP contribution in [0.3, 0.4) is 0 Å². The molecule has 0 atom stereocenters. The Morgan fingerprint density at radius 3 is 1.85 bits per heavy atom. The lowest BCUT2D eigenvalue weighted by Crippen LogP contribution is -2.02. The Hall–Kier alpha value is -5.82. The van der Waals surface area contributed by atoms with Gasteiger partial charge in [0.25, 0.3) is 0 Å². The highest BCUT2D eigenvalue weighted by Gasteiger charge is 2.21. The first-order valence-corrected chi connectivity index (χ1v) is 16.1. The molecular formula is C40H32N6O. The molecular weight excluding hydrogens is 580 g/mol. The largest absolute Gasteiger partial charge is 0.457 e. The number of aromatic nitrogens is 6. The number of fused-ring (bicyclic) bond motifs is 12. The summed E-state index contributed by atoms with van der Waals surface area (Å²) < 4.78 is 10.8. The Morgan fingerprint density at radius 2 is 1.13 bits per heavy atom. The maximum atomic E-state index is 6.54. The van der Waals surface area contributed by atoms with Crippen molar-refractivity contribution < 1.29 is 4.74 Å². The van der Waals surface area contributed by atoms with Gasteiger partial charge in [-0.2, -0.15) is 0 Å². The van der Waals surface area contributed by atoms with Gasteiger partial charge >= 0.3 is 0 Å². The summed E-state index contributed by atoms with van der Waals surface area (Å²) in [5.41, 5.74) is 9.80. The number of rotatable bonds is 5. The Balaban J connectivity index is 1.22. The summed E-state index contributed by atoms with van der Waals surface area (Å²) in [6, 6.07) is 25.8. The fourth-order valence-electron chi connectivity index (χ4n) is 7.26. The number of benzene rings is 4. The third-order valence-electron chi connectivity index (χ3n) is 9.35. The zero-order chi connectivity index (χ0) is 31.8. The molecule has 7 heteroatoms. The first-order valence-electron chi connectivity index (χ1n) is 16.1. The van der Waals surface area contributed by atoms with Gasteiger partial charge in [-0.05, 0) is 70.3 Å². The van der Waals surface area contributed by atoms with Gasteiger partial charge in [0.2, 0.25) is 0 Å². The standard InChI is InChI=1S/C40H32N6O/c1-23(2)27-7-5-8-28(24(3)4)35(27)32-10-6-9-31-29-13-11-25(21-33(29)38-43-17-19-45(38)37(31)32)47-26-12-14-30-34(22-26)39-44-18-20-46(39)40-36(30)41-15-16-42-40/h5-24H,1-4H3. The maximum Gasteiger partial charge on any atom is 0.165 e. The van der Waals surface area contributed by atoms with E-state index in [-0.39, 0.29) is 0 Å². The molecule has 5 aromatic heterocycles. The Bertz CT molecular complexity index is 2660. The van der Waals surface area contributed by atoms with Gasteiger partial charge in [-0.15, -0.1) is 0 Å². The van der Waals surface area contributed by atoms with Crippen LogP contribution in [-0.4, -0.2) is 28.7 Å². The van der Waals surface area contributed by atoms with E-state index in [2.05, 4.69) is 108 Å². The van der Waals surface area contributed by atoms with Gasteiger partial charge in [-0.1, -0.05) is 64.1 Å². The molecule has 0 saturated heterocycles. The number of imidazole rings is 2. The van der Waals surface area contributed by atoms with Gasteiger partial charge in [0.1, 0.15) is 28.3 Å². The van der Waals surface area contributed by atoms with E-state index in [1.54, 1.807) is 18.6 Å². The van der Waals surface area contributed by atoms with Gasteiger partial charge in [0.05, 0.1) is 5.52 Å². The lowest BCUT2D eigenvalue weighted by atomic mass is 9.84. The molecule has 0 radical (unpaired) electrons. The highest BCUT2D eigenvalue weighted by molar-refractivity contribution is 6.15. The Kier molecular flexibility index (Phi) is 6.06. The molecule has 0 N–H and O–H groups in total. The molecule has 0 aliphatic carbocycles. The molecule has 5 heterocycles. The van der Waals surface area contributed by atoms with Gasteiger partial charge in [-0.3, -0.25) is 13.8 Å². The fraction of sp³-hybridized carbons (Fsp3) is 0.150. The topological polar surface area (TPSA) is 69.6 Å². The molecule has 47 heavy (non-hydrogen) atoms. The molecule has 7 nitrogen and oxygen atoms in total. The van der Waals surface area contributed by atoms with Gasteiger partial charge in [0.15, 0.2) is 5.65 Å². The molecule has 228 valence electrons. The van der Waals surface area contributed by atoms with Crippen LogP contribution in [0.4, 0.5) is 0 Å². The summed E-state index contributed by atoms with van der Waals surface area (Å²) in [7, 11) is 0. The van der Waals surface area contributed by atoms with Crippen LogP contribution in [0, 0.1) is 0 Å². The first kappa shape index (κ1) is 27.5. The summed E-state index contributed by atoms with van der Waals surface area (Å²) in [5, 5.41) is 5.31. The zero-order valence-electron chi connectivity index (χ0n) is 26.6. The summed E-state index contributed by atoms with van der Waals surface area (Å²) in [4.78, 5) is 18.7. The van der Waals surface area contributed by atoms with Crippen molar-refractivity contribution in [1.29, 1.82) is 0 Å². The molecule has 0 aliphatic rings.